The maximum atomic E-state index is 13.3. The van der Waals surface area contributed by atoms with Crippen LogP contribution in [-0.2, 0) is 17.6 Å². The van der Waals surface area contributed by atoms with E-state index in [4.69, 9.17) is 0 Å². The Morgan fingerprint density at radius 3 is 2.48 bits per heavy atom. The van der Waals surface area contributed by atoms with E-state index >= 15 is 0 Å². The molecule has 33 heavy (non-hydrogen) atoms. The van der Waals surface area contributed by atoms with Crippen LogP contribution in [0.15, 0.2) is 54.6 Å². The Labute approximate surface area is 196 Å². The van der Waals surface area contributed by atoms with Crippen LogP contribution in [0.2, 0.25) is 0 Å². The van der Waals surface area contributed by atoms with Gasteiger partial charge in [-0.15, -0.1) is 11.3 Å². The second-order valence-corrected chi connectivity index (χ2v) is 9.92. The van der Waals surface area contributed by atoms with Crippen LogP contribution in [0.1, 0.15) is 51.7 Å². The lowest BCUT2D eigenvalue weighted by Gasteiger charge is -2.33. The van der Waals surface area contributed by atoms with Gasteiger partial charge in [-0.3, -0.25) is 14.9 Å². The number of fused-ring (bicyclic) bond motifs is 1. The number of anilines is 1. The number of nitrogens with zero attached hydrogens (tertiary/aromatic N) is 2. The van der Waals surface area contributed by atoms with Gasteiger partial charge in [0.1, 0.15) is 5.82 Å². The summed E-state index contributed by atoms with van der Waals surface area (Å²) in [7, 11) is 0. The van der Waals surface area contributed by atoms with E-state index in [1.165, 1.54) is 41.2 Å². The Morgan fingerprint density at radius 2 is 1.76 bits per heavy atom. The molecule has 5 nitrogen and oxygen atoms in total. The first-order valence-corrected chi connectivity index (χ1v) is 12.3. The zero-order valence-electron chi connectivity index (χ0n) is 18.3. The molecule has 0 radical (unpaired) electrons. The highest BCUT2D eigenvalue weighted by atomic mass is 32.1. The molecule has 2 amide bonds. The summed E-state index contributed by atoms with van der Waals surface area (Å²) in [6, 6.07) is 15.9. The van der Waals surface area contributed by atoms with E-state index in [0.29, 0.717) is 16.6 Å². The summed E-state index contributed by atoms with van der Waals surface area (Å²) in [4.78, 5) is 33.4. The largest absolute Gasteiger partial charge is 0.342 e. The van der Waals surface area contributed by atoms with Crippen molar-refractivity contribution >= 4 is 28.3 Å². The molecule has 7 heteroatoms. The van der Waals surface area contributed by atoms with Crippen molar-refractivity contribution in [1.82, 2.24) is 9.88 Å². The van der Waals surface area contributed by atoms with Gasteiger partial charge in [-0.05, 0) is 67.9 Å². The number of likely N-dealkylation sites (tertiary alicyclic amines) is 1. The summed E-state index contributed by atoms with van der Waals surface area (Å²) in [5, 5.41) is 3.29. The van der Waals surface area contributed by atoms with Crippen LogP contribution in [0.5, 0.6) is 0 Å². The molecule has 5 rings (SSSR count). The molecule has 3 aromatic rings. The van der Waals surface area contributed by atoms with E-state index in [9.17, 15) is 14.0 Å². The summed E-state index contributed by atoms with van der Waals surface area (Å²) in [5.41, 5.74) is 2.55. The first kappa shape index (κ1) is 21.8. The molecule has 2 heterocycles. The molecule has 1 saturated heterocycles. The molecule has 1 atom stereocenters. The lowest BCUT2D eigenvalue weighted by molar-refractivity contribution is -0.134. The number of carbonyl (C=O) groups is 2. The summed E-state index contributed by atoms with van der Waals surface area (Å²) >= 11 is 1.43. The van der Waals surface area contributed by atoms with Crippen LogP contribution in [0.25, 0.3) is 0 Å². The minimum atomic E-state index is -0.384. The fraction of sp³-hybridized carbons (Fsp3) is 0.346. The number of thiazole rings is 1. The number of benzene rings is 2. The summed E-state index contributed by atoms with van der Waals surface area (Å²) < 4.78 is 13.1. The molecule has 0 saturated carbocycles. The highest BCUT2D eigenvalue weighted by molar-refractivity contribution is 7.16. The number of hydrogen-bond donors (Lipinski definition) is 1. The number of nitrogens with one attached hydrogen (secondary N) is 1. The van der Waals surface area contributed by atoms with Gasteiger partial charge in [0.15, 0.2) is 5.13 Å². The van der Waals surface area contributed by atoms with E-state index in [1.807, 2.05) is 11.0 Å². The lowest BCUT2D eigenvalue weighted by atomic mass is 9.89. The second kappa shape index (κ2) is 9.43. The standard InChI is InChI=1S/C26H26FN3O2S/c27-20-8-6-19(7-9-20)24(31)29-26-28-23-21(10-11-22(23)33-26)25(32)30-14-12-18(13-15-30)16-17-4-2-1-3-5-17/h1-9,18,21H,10-16H2,(H,28,29,31). The molecule has 0 bridgehead atoms. The third kappa shape index (κ3) is 4.83. The van der Waals surface area contributed by atoms with Crippen LogP contribution in [0.3, 0.4) is 0 Å². The summed E-state index contributed by atoms with van der Waals surface area (Å²) in [6.07, 6.45) is 4.70. The molecule has 1 aliphatic heterocycles. The van der Waals surface area contributed by atoms with Crippen LogP contribution in [0.4, 0.5) is 9.52 Å². The van der Waals surface area contributed by atoms with Crippen molar-refractivity contribution in [3.63, 3.8) is 0 Å². The highest BCUT2D eigenvalue weighted by Crippen LogP contribution is 2.40. The third-order valence-electron chi connectivity index (χ3n) is 6.64. The van der Waals surface area contributed by atoms with Gasteiger partial charge >= 0.3 is 0 Å². The van der Waals surface area contributed by atoms with Crippen molar-refractivity contribution in [2.45, 2.75) is 38.0 Å². The molecule has 1 unspecified atom stereocenters. The van der Waals surface area contributed by atoms with Crippen LogP contribution in [0, 0.1) is 11.7 Å². The van der Waals surface area contributed by atoms with Gasteiger partial charge in [-0.2, -0.15) is 0 Å². The van der Waals surface area contributed by atoms with Gasteiger partial charge in [-0.1, -0.05) is 30.3 Å². The van der Waals surface area contributed by atoms with E-state index < -0.39 is 0 Å². The predicted octanol–water partition coefficient (Wildman–Crippen LogP) is 5.05. The number of aromatic nitrogens is 1. The highest BCUT2D eigenvalue weighted by Gasteiger charge is 2.36. The number of amides is 2. The van der Waals surface area contributed by atoms with E-state index in [2.05, 4.69) is 34.6 Å². The van der Waals surface area contributed by atoms with Crippen LogP contribution in [-0.4, -0.2) is 34.8 Å². The van der Waals surface area contributed by atoms with E-state index in [1.54, 1.807) is 0 Å². The minimum absolute atomic E-state index is 0.161. The van der Waals surface area contributed by atoms with Crippen LogP contribution >= 0.6 is 11.3 Å². The summed E-state index contributed by atoms with van der Waals surface area (Å²) in [6.45, 7) is 1.58. The Hall–Kier alpha value is -3.06. The first-order chi connectivity index (χ1) is 16.1. The fourth-order valence-electron chi connectivity index (χ4n) is 4.82. The molecule has 1 N–H and O–H groups in total. The van der Waals surface area contributed by atoms with Gasteiger partial charge in [0.05, 0.1) is 11.6 Å². The number of rotatable bonds is 5. The maximum Gasteiger partial charge on any atom is 0.257 e. The minimum Gasteiger partial charge on any atom is -0.342 e. The van der Waals surface area contributed by atoms with Crippen molar-refractivity contribution in [2.75, 3.05) is 18.4 Å². The SMILES string of the molecule is O=C(Nc1nc2c(s1)CCC2C(=O)N1CCC(Cc2ccccc2)CC1)c1ccc(F)cc1. The number of carbonyl (C=O) groups excluding carboxylic acids is 2. The molecule has 1 fully saturated rings. The second-order valence-electron chi connectivity index (χ2n) is 8.84. The van der Waals surface area contributed by atoms with E-state index in [0.717, 1.165) is 55.8 Å². The molecule has 1 aromatic heterocycles. The summed E-state index contributed by atoms with van der Waals surface area (Å²) in [5.74, 6) is -0.161. The average molecular weight is 464 g/mol. The van der Waals surface area contributed by atoms with Crippen molar-refractivity contribution < 1.29 is 14.0 Å². The molecule has 2 aromatic carbocycles. The smallest absolute Gasteiger partial charge is 0.257 e. The predicted molar refractivity (Wildman–Crippen MR) is 127 cm³/mol. The first-order valence-electron chi connectivity index (χ1n) is 11.5. The molecular formula is C26H26FN3O2S. The van der Waals surface area contributed by atoms with Gasteiger partial charge in [0.25, 0.3) is 5.91 Å². The van der Waals surface area contributed by atoms with Crippen molar-refractivity contribution in [1.29, 1.82) is 0 Å². The van der Waals surface area contributed by atoms with Crippen molar-refractivity contribution in [3.8, 4) is 0 Å². The zero-order valence-corrected chi connectivity index (χ0v) is 19.1. The van der Waals surface area contributed by atoms with E-state index in [-0.39, 0.29) is 23.5 Å². The Kier molecular flexibility index (Phi) is 6.22. The Balaban J connectivity index is 1.19. The zero-order chi connectivity index (χ0) is 22.8. The number of piperidine rings is 1. The van der Waals surface area contributed by atoms with Gasteiger partial charge < -0.3 is 4.90 Å². The van der Waals surface area contributed by atoms with Gasteiger partial charge in [0.2, 0.25) is 5.91 Å². The molecular weight excluding hydrogens is 437 g/mol. The Morgan fingerprint density at radius 1 is 1.03 bits per heavy atom. The lowest BCUT2D eigenvalue weighted by Crippen LogP contribution is -2.41. The topological polar surface area (TPSA) is 62.3 Å². The monoisotopic (exact) mass is 463 g/mol. The quantitative estimate of drug-likeness (QED) is 0.576. The van der Waals surface area contributed by atoms with Crippen molar-refractivity contribution in [3.05, 3.63) is 82.1 Å². The van der Waals surface area contributed by atoms with Crippen LogP contribution < -0.4 is 5.32 Å². The number of hydrogen-bond acceptors (Lipinski definition) is 4. The molecule has 170 valence electrons. The third-order valence-corrected chi connectivity index (χ3v) is 7.68. The Bertz CT molecular complexity index is 1140. The molecule has 2 aliphatic rings. The van der Waals surface area contributed by atoms with Crippen molar-refractivity contribution in [2.24, 2.45) is 5.92 Å². The number of halogens is 1. The fourth-order valence-corrected chi connectivity index (χ4v) is 5.85. The number of aryl methyl sites for hydroxylation is 1. The van der Waals surface area contributed by atoms with Gasteiger partial charge in [0, 0.05) is 23.5 Å². The average Bonchev–Trinajstić information content (AvgIpc) is 3.40. The van der Waals surface area contributed by atoms with Gasteiger partial charge in [-0.25, -0.2) is 9.37 Å². The molecule has 0 spiro atoms. The maximum absolute atomic E-state index is 13.3. The molecule has 1 aliphatic carbocycles. The normalized spacial score (nSPS) is 18.2.